The lowest BCUT2D eigenvalue weighted by Crippen LogP contribution is -2.20. The number of H-pyrrole nitrogens is 1. The lowest BCUT2D eigenvalue weighted by molar-refractivity contribution is -0.116. The number of aryl methyl sites for hydroxylation is 1. The molecule has 1 aromatic heterocycles. The molecule has 0 atom stereocenters. The minimum atomic E-state index is -0.198. The standard InChI is InChI=1S/C14H17ClN4O2S/c1-3-4-12-17-18-14(22)19(12)8-13(20)16-9-5-6-11(21-2)10(15)7-9/h5-7H,3-4,8H2,1-2H3,(H,16,20)(H,18,22). The molecule has 6 nitrogen and oxygen atoms in total. The van der Waals surface area contributed by atoms with Crippen LogP contribution in [-0.2, 0) is 17.8 Å². The zero-order valence-corrected chi connectivity index (χ0v) is 13.9. The molecule has 0 saturated heterocycles. The van der Waals surface area contributed by atoms with Crippen LogP contribution in [0.2, 0.25) is 5.02 Å². The molecule has 22 heavy (non-hydrogen) atoms. The molecule has 1 aromatic carbocycles. The van der Waals surface area contributed by atoms with Gasteiger partial charge in [0, 0.05) is 12.1 Å². The quantitative estimate of drug-likeness (QED) is 0.792. The van der Waals surface area contributed by atoms with Crippen molar-refractivity contribution < 1.29 is 9.53 Å². The fourth-order valence-electron chi connectivity index (χ4n) is 2.02. The van der Waals surface area contributed by atoms with Crippen LogP contribution in [0.1, 0.15) is 19.2 Å². The van der Waals surface area contributed by atoms with E-state index in [0.717, 1.165) is 18.7 Å². The highest BCUT2D eigenvalue weighted by Crippen LogP contribution is 2.27. The van der Waals surface area contributed by atoms with E-state index in [1.54, 1.807) is 22.8 Å². The van der Waals surface area contributed by atoms with Crippen LogP contribution in [0, 0.1) is 4.77 Å². The molecular formula is C14H17ClN4O2S. The number of anilines is 1. The number of carbonyl (C=O) groups excluding carboxylic acids is 1. The molecule has 118 valence electrons. The molecule has 0 aliphatic carbocycles. The Morgan fingerprint density at radius 2 is 2.32 bits per heavy atom. The molecule has 0 unspecified atom stereocenters. The summed E-state index contributed by atoms with van der Waals surface area (Å²) < 4.78 is 7.20. The Morgan fingerprint density at radius 1 is 1.55 bits per heavy atom. The highest BCUT2D eigenvalue weighted by Gasteiger charge is 2.11. The Morgan fingerprint density at radius 3 is 2.95 bits per heavy atom. The van der Waals surface area contributed by atoms with Gasteiger partial charge in [0.15, 0.2) is 4.77 Å². The van der Waals surface area contributed by atoms with Crippen LogP contribution in [0.25, 0.3) is 0 Å². The number of amides is 1. The Hall–Kier alpha value is -1.86. The normalized spacial score (nSPS) is 10.5. The summed E-state index contributed by atoms with van der Waals surface area (Å²) in [4.78, 5) is 12.2. The molecule has 1 heterocycles. The van der Waals surface area contributed by atoms with Crippen LogP contribution in [0.4, 0.5) is 5.69 Å². The molecule has 0 spiro atoms. The predicted molar refractivity (Wildman–Crippen MR) is 88.0 cm³/mol. The van der Waals surface area contributed by atoms with Gasteiger partial charge in [-0.15, -0.1) is 0 Å². The third-order valence-corrected chi connectivity index (χ3v) is 3.66. The molecule has 1 amide bonds. The minimum Gasteiger partial charge on any atom is -0.495 e. The van der Waals surface area contributed by atoms with E-state index in [2.05, 4.69) is 15.5 Å². The fourth-order valence-corrected chi connectivity index (χ4v) is 2.49. The maximum Gasteiger partial charge on any atom is 0.244 e. The topological polar surface area (TPSA) is 71.9 Å². The summed E-state index contributed by atoms with van der Waals surface area (Å²) in [5.41, 5.74) is 0.600. The summed E-state index contributed by atoms with van der Waals surface area (Å²) in [7, 11) is 1.54. The number of nitrogens with zero attached hydrogens (tertiary/aromatic N) is 2. The van der Waals surface area contributed by atoms with Crippen molar-refractivity contribution in [2.75, 3.05) is 12.4 Å². The number of carbonyl (C=O) groups is 1. The maximum atomic E-state index is 12.2. The largest absolute Gasteiger partial charge is 0.495 e. The molecule has 0 bridgehead atoms. The molecule has 2 N–H and O–H groups in total. The van der Waals surface area contributed by atoms with E-state index >= 15 is 0 Å². The van der Waals surface area contributed by atoms with Gasteiger partial charge in [-0.05, 0) is 36.8 Å². The van der Waals surface area contributed by atoms with E-state index in [0.29, 0.717) is 21.2 Å². The Bertz CT molecular complexity index is 726. The van der Waals surface area contributed by atoms with Crippen LogP contribution in [0.5, 0.6) is 5.75 Å². The van der Waals surface area contributed by atoms with Gasteiger partial charge in [0.1, 0.15) is 18.1 Å². The molecule has 0 aliphatic rings. The number of benzene rings is 1. The lowest BCUT2D eigenvalue weighted by atomic mass is 10.3. The Kier molecular flexibility index (Phi) is 5.57. The second kappa shape index (κ2) is 7.42. The van der Waals surface area contributed by atoms with E-state index < -0.39 is 0 Å². The van der Waals surface area contributed by atoms with Crippen molar-refractivity contribution in [2.24, 2.45) is 0 Å². The summed E-state index contributed by atoms with van der Waals surface area (Å²) >= 11 is 11.2. The lowest BCUT2D eigenvalue weighted by Gasteiger charge is -2.09. The van der Waals surface area contributed by atoms with Crippen molar-refractivity contribution in [1.82, 2.24) is 14.8 Å². The highest BCUT2D eigenvalue weighted by molar-refractivity contribution is 7.71. The number of hydrogen-bond acceptors (Lipinski definition) is 4. The van der Waals surface area contributed by atoms with Gasteiger partial charge in [-0.25, -0.2) is 0 Å². The van der Waals surface area contributed by atoms with Crippen molar-refractivity contribution in [2.45, 2.75) is 26.3 Å². The average Bonchev–Trinajstić information content (AvgIpc) is 2.81. The number of nitrogens with one attached hydrogen (secondary N) is 2. The van der Waals surface area contributed by atoms with Crippen molar-refractivity contribution in [3.05, 3.63) is 33.8 Å². The van der Waals surface area contributed by atoms with Gasteiger partial charge in [-0.3, -0.25) is 14.5 Å². The number of ether oxygens (including phenoxy) is 1. The fraction of sp³-hybridized carbons (Fsp3) is 0.357. The van der Waals surface area contributed by atoms with E-state index in [1.165, 1.54) is 7.11 Å². The van der Waals surface area contributed by atoms with E-state index in [1.807, 2.05) is 6.92 Å². The van der Waals surface area contributed by atoms with Crippen molar-refractivity contribution in [1.29, 1.82) is 0 Å². The van der Waals surface area contributed by atoms with E-state index in [9.17, 15) is 4.79 Å². The number of aromatic nitrogens is 3. The maximum absolute atomic E-state index is 12.2. The monoisotopic (exact) mass is 340 g/mol. The second-order valence-electron chi connectivity index (χ2n) is 4.68. The minimum absolute atomic E-state index is 0.105. The molecule has 2 rings (SSSR count). The van der Waals surface area contributed by atoms with Crippen molar-refractivity contribution in [3.63, 3.8) is 0 Å². The molecule has 2 aromatic rings. The Labute approximate surface area is 138 Å². The van der Waals surface area contributed by atoms with Gasteiger partial charge >= 0.3 is 0 Å². The zero-order valence-electron chi connectivity index (χ0n) is 12.4. The number of methoxy groups -OCH3 is 1. The second-order valence-corrected chi connectivity index (χ2v) is 5.47. The summed E-state index contributed by atoms with van der Waals surface area (Å²) in [6, 6.07) is 5.06. The summed E-state index contributed by atoms with van der Waals surface area (Å²) in [6.07, 6.45) is 1.68. The SMILES string of the molecule is CCCc1n[nH]c(=S)n1CC(=O)Nc1ccc(OC)c(Cl)c1. The summed E-state index contributed by atoms with van der Waals surface area (Å²) in [5.74, 6) is 1.13. The molecule has 0 saturated carbocycles. The summed E-state index contributed by atoms with van der Waals surface area (Å²) in [6.45, 7) is 2.15. The van der Waals surface area contributed by atoms with Crippen LogP contribution >= 0.6 is 23.8 Å². The van der Waals surface area contributed by atoms with Gasteiger partial charge in [0.2, 0.25) is 5.91 Å². The van der Waals surface area contributed by atoms with Gasteiger partial charge < -0.3 is 10.1 Å². The third-order valence-electron chi connectivity index (χ3n) is 3.05. The van der Waals surface area contributed by atoms with Gasteiger partial charge in [0.05, 0.1) is 12.1 Å². The predicted octanol–water partition coefficient (Wildman–Crippen LogP) is 3.19. The first-order chi connectivity index (χ1) is 10.5. The smallest absolute Gasteiger partial charge is 0.244 e. The van der Waals surface area contributed by atoms with Crippen LogP contribution in [-0.4, -0.2) is 27.8 Å². The summed E-state index contributed by atoms with van der Waals surface area (Å²) in [5, 5.41) is 10.1. The number of halogens is 1. The van der Waals surface area contributed by atoms with Gasteiger partial charge in [-0.1, -0.05) is 18.5 Å². The number of rotatable bonds is 6. The molecular weight excluding hydrogens is 324 g/mol. The van der Waals surface area contributed by atoms with Crippen LogP contribution in [0.3, 0.4) is 0 Å². The first-order valence-electron chi connectivity index (χ1n) is 6.82. The zero-order chi connectivity index (χ0) is 16.1. The first-order valence-corrected chi connectivity index (χ1v) is 7.61. The molecule has 8 heteroatoms. The van der Waals surface area contributed by atoms with Crippen LogP contribution in [0.15, 0.2) is 18.2 Å². The highest BCUT2D eigenvalue weighted by atomic mass is 35.5. The average molecular weight is 341 g/mol. The Balaban J connectivity index is 2.09. The van der Waals surface area contributed by atoms with Gasteiger partial charge in [-0.2, -0.15) is 5.10 Å². The van der Waals surface area contributed by atoms with Crippen molar-refractivity contribution >= 4 is 35.4 Å². The third kappa shape index (κ3) is 3.86. The van der Waals surface area contributed by atoms with Crippen LogP contribution < -0.4 is 10.1 Å². The van der Waals surface area contributed by atoms with Gasteiger partial charge in [0.25, 0.3) is 0 Å². The first kappa shape index (κ1) is 16.5. The number of aromatic amines is 1. The molecule has 0 aliphatic heterocycles. The molecule has 0 fully saturated rings. The van der Waals surface area contributed by atoms with E-state index in [4.69, 9.17) is 28.6 Å². The number of hydrogen-bond donors (Lipinski definition) is 2. The van der Waals surface area contributed by atoms with Crippen molar-refractivity contribution in [3.8, 4) is 5.75 Å². The molecule has 0 radical (unpaired) electrons. The van der Waals surface area contributed by atoms with E-state index in [-0.39, 0.29) is 12.5 Å².